The Morgan fingerprint density at radius 2 is 1.95 bits per heavy atom. The SMILES string of the molecule is O=C(NCCN1CCCCCC1)c1cnc(Cl)cn1. The highest BCUT2D eigenvalue weighted by atomic mass is 35.5. The van der Waals surface area contributed by atoms with Crippen LogP contribution in [0.2, 0.25) is 5.15 Å². The van der Waals surface area contributed by atoms with Crippen molar-refractivity contribution in [2.24, 2.45) is 0 Å². The molecule has 1 aliphatic rings. The van der Waals surface area contributed by atoms with E-state index in [1.807, 2.05) is 0 Å². The Balaban J connectivity index is 1.72. The first-order valence-corrected chi connectivity index (χ1v) is 7.11. The van der Waals surface area contributed by atoms with Crippen molar-refractivity contribution < 1.29 is 4.79 Å². The quantitative estimate of drug-likeness (QED) is 0.914. The molecule has 1 fully saturated rings. The van der Waals surface area contributed by atoms with Gasteiger partial charge in [-0.15, -0.1) is 0 Å². The summed E-state index contributed by atoms with van der Waals surface area (Å²) in [5.41, 5.74) is 0.306. The van der Waals surface area contributed by atoms with Gasteiger partial charge in [-0.3, -0.25) is 4.79 Å². The van der Waals surface area contributed by atoms with Gasteiger partial charge >= 0.3 is 0 Å². The Kier molecular flexibility index (Phi) is 5.54. The van der Waals surface area contributed by atoms with Gasteiger partial charge in [-0.25, -0.2) is 9.97 Å². The van der Waals surface area contributed by atoms with Crippen LogP contribution in [0.15, 0.2) is 12.4 Å². The molecule has 1 N–H and O–H groups in total. The number of nitrogens with zero attached hydrogens (tertiary/aromatic N) is 3. The molecule has 1 aliphatic heterocycles. The smallest absolute Gasteiger partial charge is 0.271 e. The average molecular weight is 283 g/mol. The molecule has 19 heavy (non-hydrogen) atoms. The highest BCUT2D eigenvalue weighted by molar-refractivity contribution is 6.29. The molecule has 0 bridgehead atoms. The maximum Gasteiger partial charge on any atom is 0.271 e. The van der Waals surface area contributed by atoms with Gasteiger partial charge in [-0.1, -0.05) is 24.4 Å². The van der Waals surface area contributed by atoms with E-state index in [2.05, 4.69) is 20.2 Å². The van der Waals surface area contributed by atoms with E-state index < -0.39 is 0 Å². The molecule has 0 atom stereocenters. The third-order valence-electron chi connectivity index (χ3n) is 3.27. The molecule has 104 valence electrons. The Hall–Kier alpha value is -1.20. The van der Waals surface area contributed by atoms with Crippen molar-refractivity contribution in [3.8, 4) is 0 Å². The van der Waals surface area contributed by atoms with E-state index in [1.54, 1.807) is 0 Å². The van der Waals surface area contributed by atoms with Crippen molar-refractivity contribution in [3.05, 3.63) is 23.2 Å². The summed E-state index contributed by atoms with van der Waals surface area (Å²) in [4.78, 5) is 22.0. The largest absolute Gasteiger partial charge is 0.349 e. The first kappa shape index (κ1) is 14.2. The number of aromatic nitrogens is 2. The molecule has 0 aliphatic carbocycles. The number of rotatable bonds is 4. The van der Waals surface area contributed by atoms with Gasteiger partial charge in [-0.05, 0) is 25.9 Å². The number of amides is 1. The minimum absolute atomic E-state index is 0.195. The van der Waals surface area contributed by atoms with Gasteiger partial charge in [0, 0.05) is 13.1 Å². The fraction of sp³-hybridized carbons (Fsp3) is 0.615. The van der Waals surface area contributed by atoms with Crippen molar-refractivity contribution in [3.63, 3.8) is 0 Å². The van der Waals surface area contributed by atoms with E-state index in [0.29, 0.717) is 17.4 Å². The van der Waals surface area contributed by atoms with Crippen LogP contribution in [0.1, 0.15) is 36.2 Å². The van der Waals surface area contributed by atoms with Gasteiger partial charge < -0.3 is 10.2 Å². The van der Waals surface area contributed by atoms with E-state index in [-0.39, 0.29) is 5.91 Å². The fourth-order valence-electron chi connectivity index (χ4n) is 2.21. The van der Waals surface area contributed by atoms with Crippen LogP contribution in [-0.2, 0) is 0 Å². The molecule has 1 aromatic heterocycles. The Labute approximate surface area is 118 Å². The lowest BCUT2D eigenvalue weighted by molar-refractivity contribution is 0.0943. The van der Waals surface area contributed by atoms with Crippen LogP contribution < -0.4 is 5.32 Å². The molecule has 0 saturated carbocycles. The van der Waals surface area contributed by atoms with Crippen LogP contribution in [0.5, 0.6) is 0 Å². The van der Waals surface area contributed by atoms with Crippen molar-refractivity contribution >= 4 is 17.5 Å². The fourth-order valence-corrected chi connectivity index (χ4v) is 2.31. The summed E-state index contributed by atoms with van der Waals surface area (Å²) >= 11 is 5.63. The second kappa shape index (κ2) is 7.40. The van der Waals surface area contributed by atoms with Gasteiger partial charge in [0.25, 0.3) is 5.91 Å². The maximum absolute atomic E-state index is 11.8. The molecule has 1 amide bonds. The van der Waals surface area contributed by atoms with Crippen molar-refractivity contribution in [1.82, 2.24) is 20.2 Å². The van der Waals surface area contributed by atoms with Crippen LogP contribution in [0, 0.1) is 0 Å². The summed E-state index contributed by atoms with van der Waals surface area (Å²) in [6.45, 7) is 3.81. The summed E-state index contributed by atoms with van der Waals surface area (Å²) in [6.07, 6.45) is 7.94. The predicted octanol–water partition coefficient (Wildman–Crippen LogP) is 1.74. The van der Waals surface area contributed by atoms with Gasteiger partial charge in [0.2, 0.25) is 0 Å². The molecule has 6 heteroatoms. The van der Waals surface area contributed by atoms with E-state index in [4.69, 9.17) is 11.6 Å². The van der Waals surface area contributed by atoms with Gasteiger partial charge in [0.15, 0.2) is 0 Å². The predicted molar refractivity (Wildman–Crippen MR) is 74.3 cm³/mol. The molecule has 1 aromatic rings. The molecule has 0 radical (unpaired) electrons. The van der Waals surface area contributed by atoms with Crippen molar-refractivity contribution in [2.45, 2.75) is 25.7 Å². The van der Waals surface area contributed by atoms with Crippen molar-refractivity contribution in [2.75, 3.05) is 26.2 Å². The molecule has 0 spiro atoms. The average Bonchev–Trinajstić information content (AvgIpc) is 2.68. The number of nitrogens with one attached hydrogen (secondary N) is 1. The lowest BCUT2D eigenvalue weighted by Gasteiger charge is -2.19. The normalized spacial score (nSPS) is 16.9. The van der Waals surface area contributed by atoms with Crippen LogP contribution >= 0.6 is 11.6 Å². The molecular formula is C13H19ClN4O. The summed E-state index contributed by atoms with van der Waals surface area (Å²) in [6, 6.07) is 0. The summed E-state index contributed by atoms with van der Waals surface area (Å²) in [5.74, 6) is -0.195. The monoisotopic (exact) mass is 282 g/mol. The first-order chi connectivity index (χ1) is 9.25. The van der Waals surface area contributed by atoms with Crippen LogP contribution in [-0.4, -0.2) is 47.0 Å². The second-order valence-corrected chi connectivity index (χ2v) is 5.12. The van der Waals surface area contributed by atoms with Gasteiger partial charge in [0.1, 0.15) is 10.8 Å². The number of likely N-dealkylation sites (tertiary alicyclic amines) is 1. The lowest BCUT2D eigenvalue weighted by Crippen LogP contribution is -2.35. The molecule has 5 nitrogen and oxygen atoms in total. The van der Waals surface area contributed by atoms with Gasteiger partial charge in [-0.2, -0.15) is 0 Å². The van der Waals surface area contributed by atoms with E-state index in [0.717, 1.165) is 19.6 Å². The number of hydrogen-bond donors (Lipinski definition) is 1. The minimum Gasteiger partial charge on any atom is -0.349 e. The second-order valence-electron chi connectivity index (χ2n) is 4.74. The van der Waals surface area contributed by atoms with Crippen molar-refractivity contribution in [1.29, 1.82) is 0 Å². The third kappa shape index (κ3) is 4.76. The summed E-state index contributed by atoms with van der Waals surface area (Å²) < 4.78 is 0. The van der Waals surface area contributed by atoms with Crippen LogP contribution in [0.4, 0.5) is 0 Å². The Morgan fingerprint density at radius 1 is 1.21 bits per heavy atom. The molecular weight excluding hydrogens is 264 g/mol. The van der Waals surface area contributed by atoms with E-state index in [1.165, 1.54) is 38.1 Å². The minimum atomic E-state index is -0.195. The van der Waals surface area contributed by atoms with E-state index >= 15 is 0 Å². The highest BCUT2D eigenvalue weighted by Crippen LogP contribution is 2.08. The number of carbonyl (C=O) groups excluding carboxylic acids is 1. The van der Waals surface area contributed by atoms with Crippen LogP contribution in [0.25, 0.3) is 0 Å². The summed E-state index contributed by atoms with van der Waals surface area (Å²) in [7, 11) is 0. The Bertz CT molecular complexity index is 402. The standard InChI is InChI=1S/C13H19ClN4O/c14-12-10-16-11(9-17-12)13(19)15-5-8-18-6-3-1-2-4-7-18/h9-10H,1-8H2,(H,15,19). The Morgan fingerprint density at radius 3 is 2.58 bits per heavy atom. The third-order valence-corrected chi connectivity index (χ3v) is 3.46. The molecule has 0 unspecified atom stereocenters. The van der Waals surface area contributed by atoms with Crippen LogP contribution in [0.3, 0.4) is 0 Å². The molecule has 2 rings (SSSR count). The first-order valence-electron chi connectivity index (χ1n) is 6.74. The zero-order chi connectivity index (χ0) is 13.5. The zero-order valence-electron chi connectivity index (χ0n) is 10.9. The molecule has 0 aromatic carbocycles. The molecule has 2 heterocycles. The zero-order valence-corrected chi connectivity index (χ0v) is 11.7. The highest BCUT2D eigenvalue weighted by Gasteiger charge is 2.10. The van der Waals surface area contributed by atoms with Gasteiger partial charge in [0.05, 0.1) is 12.4 Å². The number of halogens is 1. The van der Waals surface area contributed by atoms with E-state index in [9.17, 15) is 4.79 Å². The lowest BCUT2D eigenvalue weighted by atomic mass is 10.2. The summed E-state index contributed by atoms with van der Waals surface area (Å²) in [5, 5.41) is 3.15. The maximum atomic E-state index is 11.8. The topological polar surface area (TPSA) is 58.1 Å². The number of hydrogen-bond acceptors (Lipinski definition) is 4. The number of carbonyl (C=O) groups is 1. The molecule has 1 saturated heterocycles.